The molecule has 5 heteroatoms. The maximum absolute atomic E-state index is 13.1. The molecule has 2 nitrogen and oxygen atoms in total. The average molecular weight is 281 g/mol. The van der Waals surface area contributed by atoms with Crippen LogP contribution in [-0.4, -0.2) is 4.99 Å². The van der Waals surface area contributed by atoms with Gasteiger partial charge in [-0.05, 0) is 36.4 Å². The van der Waals surface area contributed by atoms with Crippen LogP contribution >= 0.6 is 23.8 Å². The van der Waals surface area contributed by atoms with Gasteiger partial charge in [0.2, 0.25) is 0 Å². The van der Waals surface area contributed by atoms with Gasteiger partial charge in [0.1, 0.15) is 10.8 Å². The van der Waals surface area contributed by atoms with Crippen molar-refractivity contribution in [3.8, 4) is 0 Å². The summed E-state index contributed by atoms with van der Waals surface area (Å²) in [6.45, 7) is 0. The normalized spacial score (nSPS) is 10.1. The second kappa shape index (κ2) is 5.33. The van der Waals surface area contributed by atoms with E-state index in [0.717, 1.165) is 5.69 Å². The van der Waals surface area contributed by atoms with Crippen molar-refractivity contribution in [1.82, 2.24) is 0 Å². The van der Waals surface area contributed by atoms with E-state index in [9.17, 15) is 4.39 Å². The summed E-state index contributed by atoms with van der Waals surface area (Å²) in [5, 5.41) is 3.71. The van der Waals surface area contributed by atoms with Gasteiger partial charge < -0.3 is 11.1 Å². The highest BCUT2D eigenvalue weighted by molar-refractivity contribution is 7.80. The molecule has 0 spiro atoms. The van der Waals surface area contributed by atoms with Gasteiger partial charge >= 0.3 is 0 Å². The zero-order valence-electron chi connectivity index (χ0n) is 9.28. The first-order valence-corrected chi connectivity index (χ1v) is 5.97. The van der Waals surface area contributed by atoms with E-state index >= 15 is 0 Å². The first-order chi connectivity index (χ1) is 8.56. The number of rotatable bonds is 3. The lowest BCUT2D eigenvalue weighted by Gasteiger charge is -2.11. The molecule has 0 saturated carbocycles. The van der Waals surface area contributed by atoms with Gasteiger partial charge in [-0.2, -0.15) is 0 Å². The first kappa shape index (κ1) is 12.8. The number of hydrogen-bond acceptors (Lipinski definition) is 2. The average Bonchev–Trinajstić information content (AvgIpc) is 2.31. The number of nitrogens with one attached hydrogen (secondary N) is 1. The van der Waals surface area contributed by atoms with Gasteiger partial charge in [0.15, 0.2) is 0 Å². The molecule has 2 aromatic rings. The lowest BCUT2D eigenvalue weighted by atomic mass is 10.1. The molecule has 0 bridgehead atoms. The summed E-state index contributed by atoms with van der Waals surface area (Å²) in [5.74, 6) is -0.380. The molecule has 0 aromatic heterocycles. The molecule has 3 N–H and O–H groups in total. The molecule has 2 rings (SSSR count). The number of anilines is 2. The van der Waals surface area contributed by atoms with Crippen molar-refractivity contribution >= 4 is 40.2 Å². The maximum Gasteiger partial charge on any atom is 0.124 e. The maximum atomic E-state index is 13.1. The Hall–Kier alpha value is -1.65. The SMILES string of the molecule is NC(=S)c1cc(F)ccc1Nc1cccc(Cl)c1. The molecule has 0 fully saturated rings. The van der Waals surface area contributed by atoms with Crippen LogP contribution in [0.2, 0.25) is 5.02 Å². The highest BCUT2D eigenvalue weighted by Gasteiger charge is 2.07. The Morgan fingerprint density at radius 2 is 2.00 bits per heavy atom. The van der Waals surface area contributed by atoms with Gasteiger partial charge in [0.25, 0.3) is 0 Å². The Kier molecular flexibility index (Phi) is 3.79. The van der Waals surface area contributed by atoms with E-state index in [4.69, 9.17) is 29.6 Å². The topological polar surface area (TPSA) is 38.0 Å². The number of hydrogen-bond donors (Lipinski definition) is 2. The molecule has 0 aliphatic rings. The van der Waals surface area contributed by atoms with Crippen LogP contribution in [0.15, 0.2) is 42.5 Å². The van der Waals surface area contributed by atoms with Crippen molar-refractivity contribution in [3.63, 3.8) is 0 Å². The fraction of sp³-hybridized carbons (Fsp3) is 0. The molecule has 18 heavy (non-hydrogen) atoms. The van der Waals surface area contributed by atoms with Crippen LogP contribution < -0.4 is 11.1 Å². The number of thiocarbonyl (C=S) groups is 1. The van der Waals surface area contributed by atoms with Crippen LogP contribution in [-0.2, 0) is 0 Å². The molecular weight excluding hydrogens is 271 g/mol. The summed E-state index contributed by atoms with van der Waals surface area (Å²) in [7, 11) is 0. The first-order valence-electron chi connectivity index (χ1n) is 5.18. The fourth-order valence-electron chi connectivity index (χ4n) is 1.55. The van der Waals surface area contributed by atoms with E-state index in [2.05, 4.69) is 5.32 Å². The van der Waals surface area contributed by atoms with Crippen molar-refractivity contribution in [2.75, 3.05) is 5.32 Å². The van der Waals surface area contributed by atoms with E-state index in [1.54, 1.807) is 18.2 Å². The Morgan fingerprint density at radius 1 is 1.22 bits per heavy atom. The lowest BCUT2D eigenvalue weighted by molar-refractivity contribution is 0.628. The summed E-state index contributed by atoms with van der Waals surface area (Å²) in [6, 6.07) is 11.4. The van der Waals surface area contributed by atoms with E-state index in [1.165, 1.54) is 12.1 Å². The van der Waals surface area contributed by atoms with Gasteiger partial charge in [0, 0.05) is 22.0 Å². The molecular formula is C13H10ClFN2S. The molecule has 2 aromatic carbocycles. The van der Waals surface area contributed by atoms with Gasteiger partial charge in [-0.25, -0.2) is 4.39 Å². The van der Waals surface area contributed by atoms with Crippen molar-refractivity contribution in [1.29, 1.82) is 0 Å². The molecule has 0 amide bonds. The Morgan fingerprint density at radius 3 is 2.67 bits per heavy atom. The van der Waals surface area contributed by atoms with Crippen molar-refractivity contribution in [3.05, 3.63) is 58.9 Å². The Labute approximate surface area is 115 Å². The molecule has 0 saturated heterocycles. The van der Waals surface area contributed by atoms with E-state index < -0.39 is 0 Å². The molecule has 0 aliphatic carbocycles. The number of halogens is 2. The lowest BCUT2D eigenvalue weighted by Crippen LogP contribution is -2.12. The highest BCUT2D eigenvalue weighted by Crippen LogP contribution is 2.23. The van der Waals surface area contributed by atoms with Gasteiger partial charge in [-0.1, -0.05) is 29.9 Å². The van der Waals surface area contributed by atoms with Gasteiger partial charge in [0.05, 0.1) is 0 Å². The molecule has 0 heterocycles. The zero-order chi connectivity index (χ0) is 13.1. The van der Waals surface area contributed by atoms with Gasteiger partial charge in [-0.15, -0.1) is 0 Å². The minimum Gasteiger partial charge on any atom is -0.389 e. The quantitative estimate of drug-likeness (QED) is 0.839. The monoisotopic (exact) mass is 280 g/mol. The van der Waals surface area contributed by atoms with E-state index in [0.29, 0.717) is 16.3 Å². The third kappa shape index (κ3) is 2.97. The van der Waals surface area contributed by atoms with E-state index in [1.807, 2.05) is 12.1 Å². The second-order valence-corrected chi connectivity index (χ2v) is 4.57. The molecule has 0 atom stereocenters. The van der Waals surface area contributed by atoms with E-state index in [-0.39, 0.29) is 10.8 Å². The summed E-state index contributed by atoms with van der Waals surface area (Å²) >= 11 is 10.8. The smallest absolute Gasteiger partial charge is 0.124 e. The minimum absolute atomic E-state index is 0.138. The van der Waals surface area contributed by atoms with Crippen LogP contribution in [0, 0.1) is 5.82 Å². The summed E-state index contributed by atoms with van der Waals surface area (Å²) in [6.07, 6.45) is 0. The Balaban J connectivity index is 2.37. The zero-order valence-corrected chi connectivity index (χ0v) is 10.9. The molecule has 92 valence electrons. The van der Waals surface area contributed by atoms with Crippen LogP contribution in [0.1, 0.15) is 5.56 Å². The second-order valence-electron chi connectivity index (χ2n) is 3.69. The van der Waals surface area contributed by atoms with Crippen molar-refractivity contribution < 1.29 is 4.39 Å². The molecule has 0 aliphatic heterocycles. The third-order valence-corrected chi connectivity index (χ3v) is 2.81. The van der Waals surface area contributed by atoms with Crippen molar-refractivity contribution in [2.24, 2.45) is 5.73 Å². The summed E-state index contributed by atoms with van der Waals surface area (Å²) in [4.78, 5) is 0.138. The minimum atomic E-state index is -0.380. The number of benzene rings is 2. The summed E-state index contributed by atoms with van der Waals surface area (Å²) < 4.78 is 13.1. The Bertz CT molecular complexity index is 601. The molecule has 0 unspecified atom stereocenters. The van der Waals surface area contributed by atoms with Gasteiger partial charge in [-0.3, -0.25) is 0 Å². The van der Waals surface area contributed by atoms with Crippen LogP contribution in [0.3, 0.4) is 0 Å². The van der Waals surface area contributed by atoms with Crippen LogP contribution in [0.25, 0.3) is 0 Å². The molecule has 0 radical (unpaired) electrons. The highest BCUT2D eigenvalue weighted by atomic mass is 35.5. The summed E-state index contributed by atoms with van der Waals surface area (Å²) in [5.41, 5.74) is 7.46. The van der Waals surface area contributed by atoms with Crippen LogP contribution in [0.5, 0.6) is 0 Å². The predicted molar refractivity (Wildman–Crippen MR) is 77.0 cm³/mol. The number of nitrogens with two attached hydrogens (primary N) is 1. The predicted octanol–water partition coefficient (Wildman–Crippen LogP) is 3.86. The van der Waals surface area contributed by atoms with Crippen LogP contribution in [0.4, 0.5) is 15.8 Å². The fourth-order valence-corrected chi connectivity index (χ4v) is 1.91. The largest absolute Gasteiger partial charge is 0.389 e. The third-order valence-electron chi connectivity index (χ3n) is 2.35. The standard InChI is InChI=1S/C13H10ClFN2S/c14-8-2-1-3-10(6-8)17-12-5-4-9(15)7-11(12)13(16)18/h1-7,17H,(H2,16,18). The van der Waals surface area contributed by atoms with Crippen molar-refractivity contribution in [2.45, 2.75) is 0 Å².